The number of aromatic amines is 2. The summed E-state index contributed by atoms with van der Waals surface area (Å²) < 4.78 is 0.148. The van der Waals surface area contributed by atoms with E-state index in [2.05, 4.69) is 15.0 Å². The van der Waals surface area contributed by atoms with E-state index >= 15 is 0 Å². The van der Waals surface area contributed by atoms with Crippen LogP contribution in [0, 0.1) is 4.77 Å². The summed E-state index contributed by atoms with van der Waals surface area (Å²) in [5.41, 5.74) is -0.243. The first-order chi connectivity index (χ1) is 7.00. The quantitative estimate of drug-likeness (QED) is 0.577. The van der Waals surface area contributed by atoms with Crippen molar-refractivity contribution in [3.8, 4) is 0 Å². The Morgan fingerprint density at radius 2 is 1.80 bits per heavy atom. The van der Waals surface area contributed by atoms with Crippen LogP contribution in [0.4, 0.5) is 0 Å². The Hall–Kier alpha value is -0.620. The van der Waals surface area contributed by atoms with Crippen molar-refractivity contribution in [2.24, 2.45) is 0 Å². The third-order valence-corrected chi connectivity index (χ3v) is 3.14. The second-order valence-corrected chi connectivity index (χ2v) is 4.18. The molecule has 4 nitrogen and oxygen atoms in total. The van der Waals surface area contributed by atoms with Gasteiger partial charge in [-0.1, -0.05) is 34.8 Å². The molecule has 2 aromatic heterocycles. The van der Waals surface area contributed by atoms with Gasteiger partial charge in [-0.2, -0.15) is 0 Å². The predicted molar refractivity (Wildman–Crippen MR) is 62.6 cm³/mol. The molecule has 78 valence electrons. The Balaban J connectivity index is 3.13. The second kappa shape index (κ2) is 3.75. The van der Waals surface area contributed by atoms with Gasteiger partial charge in [0, 0.05) is 0 Å². The number of hydrogen-bond donors (Lipinski definition) is 2. The lowest BCUT2D eigenvalue weighted by atomic mass is 10.3. The molecule has 0 saturated heterocycles. The molecule has 2 rings (SSSR count). The SMILES string of the molecule is O=c1[nH]c(=S)[nH]c2nc(Cl)c(Cl)c(Cl)c12. The maximum Gasteiger partial charge on any atom is 0.262 e. The fraction of sp³-hybridized carbons (Fsp3) is 0. The minimum Gasteiger partial charge on any atom is -0.316 e. The zero-order chi connectivity index (χ0) is 11.2. The molecule has 15 heavy (non-hydrogen) atoms. The molecule has 0 spiro atoms. The van der Waals surface area contributed by atoms with Crippen molar-refractivity contribution in [3.63, 3.8) is 0 Å². The highest BCUT2D eigenvalue weighted by molar-refractivity contribution is 7.71. The van der Waals surface area contributed by atoms with Crippen molar-refractivity contribution in [3.05, 3.63) is 30.3 Å². The Kier molecular flexibility index (Phi) is 2.72. The van der Waals surface area contributed by atoms with Gasteiger partial charge >= 0.3 is 0 Å². The molecule has 0 aliphatic heterocycles. The number of halogens is 3. The van der Waals surface area contributed by atoms with E-state index in [0.29, 0.717) is 0 Å². The van der Waals surface area contributed by atoms with Crippen LogP contribution < -0.4 is 5.56 Å². The molecule has 0 saturated carbocycles. The number of pyridine rings is 1. The molecular weight excluding hydrogens is 281 g/mol. The van der Waals surface area contributed by atoms with E-state index < -0.39 is 5.56 Å². The summed E-state index contributed by atoms with van der Waals surface area (Å²) in [6.07, 6.45) is 0. The number of nitrogens with one attached hydrogen (secondary N) is 2. The minimum atomic E-state index is -0.454. The number of H-pyrrole nitrogens is 2. The van der Waals surface area contributed by atoms with Crippen molar-refractivity contribution in [1.29, 1.82) is 0 Å². The third kappa shape index (κ3) is 1.76. The highest BCUT2D eigenvalue weighted by atomic mass is 35.5. The smallest absolute Gasteiger partial charge is 0.262 e. The molecule has 2 aromatic rings. The zero-order valence-electron chi connectivity index (χ0n) is 6.90. The summed E-state index contributed by atoms with van der Waals surface area (Å²) in [7, 11) is 0. The predicted octanol–water partition coefficient (Wildman–Crippen LogP) is 2.94. The third-order valence-electron chi connectivity index (χ3n) is 1.73. The van der Waals surface area contributed by atoms with Gasteiger partial charge in [0.1, 0.15) is 11.0 Å². The van der Waals surface area contributed by atoms with E-state index in [0.717, 1.165) is 0 Å². The van der Waals surface area contributed by atoms with Crippen LogP contribution in [0.25, 0.3) is 11.0 Å². The largest absolute Gasteiger partial charge is 0.316 e. The van der Waals surface area contributed by atoms with Crippen LogP contribution >= 0.6 is 47.0 Å². The zero-order valence-corrected chi connectivity index (χ0v) is 9.98. The van der Waals surface area contributed by atoms with Gasteiger partial charge in [-0.25, -0.2) is 4.98 Å². The van der Waals surface area contributed by atoms with Gasteiger partial charge in [0.05, 0.1) is 10.0 Å². The summed E-state index contributed by atoms with van der Waals surface area (Å²) in [6, 6.07) is 0. The first-order valence-corrected chi connectivity index (χ1v) is 5.21. The topological polar surface area (TPSA) is 61.5 Å². The standard InChI is InChI=1S/C7H2Cl3N3OS/c8-2-1-5(11-4(10)3(2)9)12-7(15)13-6(1)14/h(H2,11,12,13,14,15). The van der Waals surface area contributed by atoms with E-state index in [1.165, 1.54) is 0 Å². The first-order valence-electron chi connectivity index (χ1n) is 3.67. The van der Waals surface area contributed by atoms with Crippen LogP contribution in [-0.4, -0.2) is 15.0 Å². The van der Waals surface area contributed by atoms with Crippen LogP contribution in [0.1, 0.15) is 0 Å². The highest BCUT2D eigenvalue weighted by Gasteiger charge is 2.13. The summed E-state index contributed by atoms with van der Waals surface area (Å²) in [6.45, 7) is 0. The molecule has 0 aromatic carbocycles. The van der Waals surface area contributed by atoms with Crippen molar-refractivity contribution < 1.29 is 0 Å². The van der Waals surface area contributed by atoms with Gasteiger partial charge in [0.2, 0.25) is 0 Å². The van der Waals surface area contributed by atoms with E-state index in [4.69, 9.17) is 47.0 Å². The molecule has 0 aliphatic carbocycles. The summed E-state index contributed by atoms with van der Waals surface area (Å²) >= 11 is 22.1. The van der Waals surface area contributed by atoms with Crippen molar-refractivity contribution >= 4 is 58.1 Å². The monoisotopic (exact) mass is 281 g/mol. The summed E-state index contributed by atoms with van der Waals surface area (Å²) in [5, 5.41) is 0.256. The van der Waals surface area contributed by atoms with E-state index in [1.54, 1.807) is 0 Å². The normalized spacial score (nSPS) is 10.9. The molecule has 8 heteroatoms. The average Bonchev–Trinajstić information content (AvgIpc) is 2.13. The molecule has 2 heterocycles. The molecular formula is C7H2Cl3N3OS. The van der Waals surface area contributed by atoms with Gasteiger partial charge in [-0.15, -0.1) is 0 Å². The molecule has 0 atom stereocenters. The fourth-order valence-corrected chi connectivity index (χ4v) is 1.93. The molecule has 0 radical (unpaired) electrons. The number of aromatic nitrogens is 3. The lowest BCUT2D eigenvalue weighted by molar-refractivity contribution is 1.11. The number of hydrogen-bond acceptors (Lipinski definition) is 3. The number of nitrogens with zero attached hydrogens (tertiary/aromatic N) is 1. The van der Waals surface area contributed by atoms with Gasteiger partial charge in [-0.3, -0.25) is 9.78 Å². The highest BCUT2D eigenvalue weighted by Crippen LogP contribution is 2.31. The van der Waals surface area contributed by atoms with Crippen LogP contribution in [0.3, 0.4) is 0 Å². The van der Waals surface area contributed by atoms with E-state index in [1.807, 2.05) is 0 Å². The molecule has 0 unspecified atom stereocenters. The number of fused-ring (bicyclic) bond motifs is 1. The Labute approximate surface area is 103 Å². The van der Waals surface area contributed by atoms with Gasteiger partial charge in [-0.05, 0) is 12.2 Å². The average molecular weight is 283 g/mol. The molecule has 0 bridgehead atoms. The summed E-state index contributed by atoms with van der Waals surface area (Å²) in [5.74, 6) is 0. The molecule has 0 aliphatic rings. The van der Waals surface area contributed by atoms with Crippen molar-refractivity contribution in [1.82, 2.24) is 15.0 Å². The van der Waals surface area contributed by atoms with Gasteiger partial charge < -0.3 is 4.98 Å². The maximum atomic E-state index is 11.5. The molecule has 0 amide bonds. The van der Waals surface area contributed by atoms with Gasteiger partial charge in [0.15, 0.2) is 9.92 Å². The Bertz CT molecular complexity index is 663. The van der Waals surface area contributed by atoms with Gasteiger partial charge in [0.25, 0.3) is 5.56 Å². The summed E-state index contributed by atoms with van der Waals surface area (Å²) in [4.78, 5) is 20.4. The van der Waals surface area contributed by atoms with Crippen LogP contribution in [0.5, 0.6) is 0 Å². The minimum absolute atomic E-state index is 0.0189. The van der Waals surface area contributed by atoms with Crippen LogP contribution in [0.2, 0.25) is 15.2 Å². The lowest BCUT2D eigenvalue weighted by Crippen LogP contribution is -2.09. The van der Waals surface area contributed by atoms with Crippen molar-refractivity contribution in [2.45, 2.75) is 0 Å². The van der Waals surface area contributed by atoms with E-state index in [-0.39, 0.29) is 31.0 Å². The maximum absolute atomic E-state index is 11.5. The Morgan fingerprint density at radius 1 is 1.13 bits per heavy atom. The van der Waals surface area contributed by atoms with Crippen LogP contribution in [0.15, 0.2) is 4.79 Å². The first kappa shape index (κ1) is 10.9. The molecule has 2 N–H and O–H groups in total. The molecule has 0 fully saturated rings. The second-order valence-electron chi connectivity index (χ2n) is 2.66. The Morgan fingerprint density at radius 3 is 2.47 bits per heavy atom. The van der Waals surface area contributed by atoms with Crippen molar-refractivity contribution in [2.75, 3.05) is 0 Å². The lowest BCUT2D eigenvalue weighted by Gasteiger charge is -2.02. The fourth-order valence-electron chi connectivity index (χ4n) is 1.11. The van der Waals surface area contributed by atoms with E-state index in [9.17, 15) is 4.79 Å². The number of rotatable bonds is 0. The van der Waals surface area contributed by atoms with Crippen LogP contribution in [-0.2, 0) is 0 Å².